The second-order valence-electron chi connectivity index (χ2n) is 7.15. The summed E-state index contributed by atoms with van der Waals surface area (Å²) in [6.07, 6.45) is 3.98. The first-order valence-corrected chi connectivity index (χ1v) is 9.15. The molecule has 0 fully saturated rings. The number of rotatable bonds is 3. The summed E-state index contributed by atoms with van der Waals surface area (Å²) in [6, 6.07) is 8.78. The predicted molar refractivity (Wildman–Crippen MR) is 96.6 cm³/mol. The number of carbonyl (C=O) groups is 1. The number of carbonyl (C=O) groups excluding carboxylic acids is 1. The maximum Gasteiger partial charge on any atom is 0.241 e. The Hall–Kier alpha value is -2.21. The van der Waals surface area contributed by atoms with Gasteiger partial charge in [0, 0.05) is 24.2 Å². The fraction of sp³-hybridized carbons (Fsp3) is 0.526. The molecule has 0 saturated carbocycles. The molecule has 0 aliphatic carbocycles. The average molecular weight is 339 g/mol. The summed E-state index contributed by atoms with van der Waals surface area (Å²) in [5.74, 6) is 2.03. The van der Waals surface area contributed by atoms with Crippen molar-refractivity contribution < 1.29 is 4.79 Å². The molecule has 6 nitrogen and oxygen atoms in total. The molecule has 0 spiro atoms. The molecule has 0 radical (unpaired) electrons. The van der Waals surface area contributed by atoms with Crippen molar-refractivity contribution in [1.82, 2.24) is 20.1 Å². The molecule has 25 heavy (non-hydrogen) atoms. The van der Waals surface area contributed by atoms with E-state index in [9.17, 15) is 4.79 Å². The molecule has 3 heterocycles. The van der Waals surface area contributed by atoms with Crippen molar-refractivity contribution in [2.24, 2.45) is 0 Å². The first kappa shape index (κ1) is 16.3. The van der Waals surface area contributed by atoms with Crippen molar-refractivity contribution >= 4 is 11.6 Å². The molecule has 6 heteroatoms. The molecule has 2 aromatic rings. The minimum absolute atomic E-state index is 0.153. The van der Waals surface area contributed by atoms with Crippen LogP contribution in [0.3, 0.4) is 0 Å². The zero-order valence-electron chi connectivity index (χ0n) is 14.9. The molecule has 2 aliphatic rings. The highest BCUT2D eigenvalue weighted by atomic mass is 16.2. The largest absolute Gasteiger partial charge is 0.308 e. The standard InChI is InChI=1S/C19H25N5O/c1-13-7-8-15-5-3-4-6-17(15)24(13)19(25)11-20-16-9-10-18-21-14(2)22-23(18)12-16/h3-6,13,16,20H,7-12H2,1-2H3/t13-,16-/m0/s1. The quantitative estimate of drug-likeness (QED) is 0.927. The van der Waals surface area contributed by atoms with Crippen LogP contribution < -0.4 is 10.2 Å². The monoisotopic (exact) mass is 339 g/mol. The Labute approximate surface area is 148 Å². The Morgan fingerprint density at radius 3 is 3.00 bits per heavy atom. The number of aromatic nitrogens is 3. The van der Waals surface area contributed by atoms with E-state index in [1.807, 2.05) is 22.6 Å². The number of hydrogen-bond acceptors (Lipinski definition) is 4. The van der Waals surface area contributed by atoms with Gasteiger partial charge in [0.05, 0.1) is 13.1 Å². The summed E-state index contributed by atoms with van der Waals surface area (Å²) in [7, 11) is 0. The zero-order valence-corrected chi connectivity index (χ0v) is 14.9. The van der Waals surface area contributed by atoms with Crippen molar-refractivity contribution in [1.29, 1.82) is 0 Å². The second kappa shape index (κ2) is 6.59. The zero-order chi connectivity index (χ0) is 17.4. The molecule has 1 aromatic heterocycles. The Balaban J connectivity index is 1.41. The summed E-state index contributed by atoms with van der Waals surface area (Å²) in [5.41, 5.74) is 2.35. The first-order chi connectivity index (χ1) is 12.1. The summed E-state index contributed by atoms with van der Waals surface area (Å²) in [5, 5.41) is 7.87. The van der Waals surface area contributed by atoms with Gasteiger partial charge in [-0.3, -0.25) is 4.79 Å². The van der Waals surface area contributed by atoms with Gasteiger partial charge in [0.15, 0.2) is 0 Å². The number of nitrogens with zero attached hydrogens (tertiary/aromatic N) is 4. The van der Waals surface area contributed by atoms with Crippen LogP contribution in [0.25, 0.3) is 0 Å². The topological polar surface area (TPSA) is 63.1 Å². The van der Waals surface area contributed by atoms with Crippen LogP contribution in [0.2, 0.25) is 0 Å². The highest BCUT2D eigenvalue weighted by Gasteiger charge is 2.28. The Kier molecular flexibility index (Phi) is 4.29. The van der Waals surface area contributed by atoms with E-state index in [0.29, 0.717) is 6.54 Å². The molecule has 1 amide bonds. The molecule has 1 N–H and O–H groups in total. The maximum atomic E-state index is 12.9. The van der Waals surface area contributed by atoms with E-state index >= 15 is 0 Å². The van der Waals surface area contributed by atoms with Crippen molar-refractivity contribution in [3.8, 4) is 0 Å². The number of fused-ring (bicyclic) bond motifs is 2. The van der Waals surface area contributed by atoms with Gasteiger partial charge in [-0.1, -0.05) is 18.2 Å². The van der Waals surface area contributed by atoms with Crippen LogP contribution >= 0.6 is 0 Å². The van der Waals surface area contributed by atoms with E-state index in [1.165, 1.54) is 5.56 Å². The van der Waals surface area contributed by atoms with E-state index in [-0.39, 0.29) is 18.0 Å². The Morgan fingerprint density at radius 2 is 2.12 bits per heavy atom. The van der Waals surface area contributed by atoms with E-state index < -0.39 is 0 Å². The van der Waals surface area contributed by atoms with Crippen molar-refractivity contribution in [3.63, 3.8) is 0 Å². The average Bonchev–Trinajstić information content (AvgIpc) is 2.98. The molecule has 0 saturated heterocycles. The summed E-state index contributed by atoms with van der Waals surface area (Å²) >= 11 is 0. The van der Waals surface area contributed by atoms with Gasteiger partial charge in [0.1, 0.15) is 11.6 Å². The smallest absolute Gasteiger partial charge is 0.241 e. The summed E-state index contributed by atoms with van der Waals surface area (Å²) in [6.45, 7) is 5.22. The van der Waals surface area contributed by atoms with Gasteiger partial charge in [-0.05, 0) is 44.7 Å². The molecule has 132 valence electrons. The van der Waals surface area contributed by atoms with Gasteiger partial charge in [0.25, 0.3) is 0 Å². The molecule has 2 atom stereocenters. The predicted octanol–water partition coefficient (Wildman–Crippen LogP) is 1.86. The van der Waals surface area contributed by atoms with Crippen molar-refractivity contribution in [2.75, 3.05) is 11.4 Å². The Bertz CT molecular complexity index is 784. The van der Waals surface area contributed by atoms with Gasteiger partial charge in [-0.2, -0.15) is 5.10 Å². The molecular weight excluding hydrogens is 314 g/mol. The molecule has 4 rings (SSSR count). The fourth-order valence-corrected chi connectivity index (χ4v) is 3.99. The fourth-order valence-electron chi connectivity index (χ4n) is 3.99. The van der Waals surface area contributed by atoms with E-state index in [0.717, 1.165) is 49.6 Å². The first-order valence-electron chi connectivity index (χ1n) is 9.15. The van der Waals surface area contributed by atoms with Gasteiger partial charge in [0.2, 0.25) is 5.91 Å². The second-order valence-corrected chi connectivity index (χ2v) is 7.15. The van der Waals surface area contributed by atoms with Gasteiger partial charge in [-0.25, -0.2) is 9.67 Å². The number of hydrogen-bond donors (Lipinski definition) is 1. The molecule has 0 bridgehead atoms. The van der Waals surface area contributed by atoms with Crippen LogP contribution in [0.1, 0.15) is 37.0 Å². The van der Waals surface area contributed by atoms with E-state index in [4.69, 9.17) is 0 Å². The van der Waals surface area contributed by atoms with Crippen LogP contribution in [-0.4, -0.2) is 39.3 Å². The van der Waals surface area contributed by atoms with E-state index in [1.54, 1.807) is 0 Å². The third kappa shape index (κ3) is 3.18. The number of nitrogens with one attached hydrogen (secondary N) is 1. The van der Waals surface area contributed by atoms with Crippen LogP contribution in [-0.2, 0) is 24.2 Å². The summed E-state index contributed by atoms with van der Waals surface area (Å²) in [4.78, 5) is 19.3. The van der Waals surface area contributed by atoms with Crippen LogP contribution in [0.4, 0.5) is 5.69 Å². The lowest BCUT2D eigenvalue weighted by atomic mass is 9.96. The normalized spacial score (nSPS) is 22.4. The third-order valence-electron chi connectivity index (χ3n) is 5.30. The molecule has 1 aromatic carbocycles. The number of para-hydroxylation sites is 1. The number of amides is 1. The van der Waals surface area contributed by atoms with Crippen molar-refractivity contribution in [3.05, 3.63) is 41.5 Å². The van der Waals surface area contributed by atoms with Crippen LogP contribution in [0.15, 0.2) is 24.3 Å². The maximum absolute atomic E-state index is 12.9. The number of benzene rings is 1. The number of aryl methyl sites for hydroxylation is 3. The van der Waals surface area contributed by atoms with Crippen LogP contribution in [0.5, 0.6) is 0 Å². The van der Waals surface area contributed by atoms with Gasteiger partial charge >= 0.3 is 0 Å². The van der Waals surface area contributed by atoms with E-state index in [2.05, 4.69) is 40.5 Å². The lowest BCUT2D eigenvalue weighted by Crippen LogP contribution is -2.49. The molecule has 2 aliphatic heterocycles. The Morgan fingerprint density at radius 1 is 1.28 bits per heavy atom. The van der Waals surface area contributed by atoms with Crippen molar-refractivity contribution in [2.45, 2.75) is 58.2 Å². The molecular formula is C19H25N5O. The lowest BCUT2D eigenvalue weighted by Gasteiger charge is -2.36. The highest BCUT2D eigenvalue weighted by Crippen LogP contribution is 2.30. The van der Waals surface area contributed by atoms with Crippen LogP contribution in [0, 0.1) is 6.92 Å². The molecule has 0 unspecified atom stereocenters. The lowest BCUT2D eigenvalue weighted by molar-refractivity contribution is -0.118. The SMILES string of the molecule is Cc1nc2n(n1)C[C@@H](NCC(=O)N1c3ccccc3CC[C@@H]1C)CC2. The number of anilines is 1. The third-order valence-corrected chi connectivity index (χ3v) is 5.30. The minimum atomic E-state index is 0.153. The summed E-state index contributed by atoms with van der Waals surface area (Å²) < 4.78 is 1.97. The minimum Gasteiger partial charge on any atom is -0.308 e. The van der Waals surface area contributed by atoms with Gasteiger partial charge in [-0.15, -0.1) is 0 Å². The highest BCUT2D eigenvalue weighted by molar-refractivity contribution is 5.96. The van der Waals surface area contributed by atoms with Gasteiger partial charge < -0.3 is 10.2 Å².